The van der Waals surface area contributed by atoms with Crippen molar-refractivity contribution in [3.8, 4) is 0 Å². The molecule has 0 unspecified atom stereocenters. The van der Waals surface area contributed by atoms with E-state index in [-0.39, 0.29) is 12.1 Å². The van der Waals surface area contributed by atoms with Crippen LogP contribution in [0.4, 0.5) is 21.0 Å². The van der Waals surface area contributed by atoms with Crippen LogP contribution in [-0.4, -0.2) is 48.0 Å². The fourth-order valence-corrected chi connectivity index (χ4v) is 3.59. The van der Waals surface area contributed by atoms with E-state index >= 15 is 0 Å². The van der Waals surface area contributed by atoms with Crippen LogP contribution in [-0.2, 0) is 0 Å². The highest BCUT2D eigenvalue weighted by molar-refractivity contribution is 5.91. The SMILES string of the molecule is O=C(Nc1ccc(NC(=O)N2CCCCCC2)cc1)N1CCCCCC1. The molecule has 6 heteroatoms. The molecule has 1 aromatic rings. The van der Waals surface area contributed by atoms with Crippen molar-refractivity contribution < 1.29 is 9.59 Å². The second-order valence-corrected chi connectivity index (χ2v) is 7.24. The van der Waals surface area contributed by atoms with Gasteiger partial charge in [0, 0.05) is 37.6 Å². The van der Waals surface area contributed by atoms with Crippen molar-refractivity contribution in [3.05, 3.63) is 24.3 Å². The molecule has 6 nitrogen and oxygen atoms in total. The number of carbonyl (C=O) groups is 2. The Morgan fingerprint density at radius 1 is 0.577 bits per heavy atom. The fraction of sp³-hybridized carbons (Fsp3) is 0.600. The predicted octanol–water partition coefficient (Wildman–Crippen LogP) is 4.50. The second-order valence-electron chi connectivity index (χ2n) is 7.24. The van der Waals surface area contributed by atoms with E-state index in [1.165, 1.54) is 25.7 Å². The predicted molar refractivity (Wildman–Crippen MR) is 105 cm³/mol. The summed E-state index contributed by atoms with van der Waals surface area (Å²) < 4.78 is 0. The molecule has 0 atom stereocenters. The Morgan fingerprint density at radius 3 is 1.19 bits per heavy atom. The lowest BCUT2D eigenvalue weighted by Gasteiger charge is -2.21. The zero-order valence-corrected chi connectivity index (χ0v) is 15.5. The number of anilines is 2. The molecule has 26 heavy (non-hydrogen) atoms. The van der Waals surface area contributed by atoms with Gasteiger partial charge in [0.25, 0.3) is 0 Å². The maximum atomic E-state index is 12.4. The fourth-order valence-electron chi connectivity index (χ4n) is 3.59. The summed E-state index contributed by atoms with van der Waals surface area (Å²) in [5.74, 6) is 0. The number of carbonyl (C=O) groups excluding carboxylic acids is 2. The molecule has 2 saturated heterocycles. The smallest absolute Gasteiger partial charge is 0.321 e. The van der Waals surface area contributed by atoms with Gasteiger partial charge in [0.05, 0.1) is 0 Å². The molecule has 0 aromatic heterocycles. The number of hydrogen-bond donors (Lipinski definition) is 2. The van der Waals surface area contributed by atoms with E-state index in [2.05, 4.69) is 10.6 Å². The van der Waals surface area contributed by atoms with Crippen molar-refractivity contribution in [1.82, 2.24) is 9.80 Å². The summed E-state index contributed by atoms with van der Waals surface area (Å²) in [4.78, 5) is 28.5. The number of benzene rings is 1. The van der Waals surface area contributed by atoms with Gasteiger partial charge in [-0.05, 0) is 49.9 Å². The summed E-state index contributed by atoms with van der Waals surface area (Å²) >= 11 is 0. The zero-order chi connectivity index (χ0) is 18.2. The van der Waals surface area contributed by atoms with Gasteiger partial charge in [-0.15, -0.1) is 0 Å². The summed E-state index contributed by atoms with van der Waals surface area (Å²) in [6.45, 7) is 3.32. The Balaban J connectivity index is 1.51. The summed E-state index contributed by atoms with van der Waals surface area (Å²) in [5.41, 5.74) is 1.51. The van der Waals surface area contributed by atoms with E-state index < -0.39 is 0 Å². The van der Waals surface area contributed by atoms with Crippen LogP contribution in [0.15, 0.2) is 24.3 Å². The highest BCUT2D eigenvalue weighted by Crippen LogP contribution is 2.17. The van der Waals surface area contributed by atoms with Gasteiger partial charge < -0.3 is 20.4 Å². The summed E-state index contributed by atoms with van der Waals surface area (Å²) in [5, 5.41) is 5.91. The first-order chi connectivity index (χ1) is 12.7. The summed E-state index contributed by atoms with van der Waals surface area (Å²) in [7, 11) is 0. The van der Waals surface area contributed by atoms with E-state index in [1.807, 2.05) is 34.1 Å². The molecule has 0 aliphatic carbocycles. The molecule has 0 spiro atoms. The van der Waals surface area contributed by atoms with Crippen molar-refractivity contribution in [1.29, 1.82) is 0 Å². The summed E-state index contributed by atoms with van der Waals surface area (Å²) in [6.07, 6.45) is 9.13. The molecule has 2 N–H and O–H groups in total. The first kappa shape index (κ1) is 18.5. The molecule has 2 aliphatic heterocycles. The largest absolute Gasteiger partial charge is 0.325 e. The van der Waals surface area contributed by atoms with Crippen molar-refractivity contribution >= 4 is 23.4 Å². The molecule has 0 radical (unpaired) electrons. The minimum absolute atomic E-state index is 0.0340. The third-order valence-electron chi connectivity index (χ3n) is 5.17. The average molecular weight is 358 g/mol. The van der Waals surface area contributed by atoms with Crippen molar-refractivity contribution in [2.75, 3.05) is 36.8 Å². The number of hydrogen-bond acceptors (Lipinski definition) is 2. The molecular formula is C20H30N4O2. The first-order valence-electron chi connectivity index (χ1n) is 9.94. The normalized spacial score (nSPS) is 18.6. The molecular weight excluding hydrogens is 328 g/mol. The maximum absolute atomic E-state index is 12.4. The lowest BCUT2D eigenvalue weighted by atomic mass is 10.2. The average Bonchev–Trinajstić information content (AvgIpc) is 3.08. The third kappa shape index (κ3) is 5.38. The van der Waals surface area contributed by atoms with E-state index in [0.29, 0.717) is 0 Å². The topological polar surface area (TPSA) is 64.7 Å². The number of nitrogens with one attached hydrogen (secondary N) is 2. The van der Waals surface area contributed by atoms with Crippen LogP contribution in [0.1, 0.15) is 51.4 Å². The molecule has 2 heterocycles. The highest BCUT2D eigenvalue weighted by atomic mass is 16.2. The van der Waals surface area contributed by atoms with Crippen molar-refractivity contribution in [2.24, 2.45) is 0 Å². The van der Waals surface area contributed by atoms with Gasteiger partial charge in [0.1, 0.15) is 0 Å². The Morgan fingerprint density at radius 2 is 0.885 bits per heavy atom. The first-order valence-corrected chi connectivity index (χ1v) is 9.94. The van der Waals surface area contributed by atoms with Crippen LogP contribution >= 0.6 is 0 Å². The van der Waals surface area contributed by atoms with Gasteiger partial charge in [-0.25, -0.2) is 9.59 Å². The number of likely N-dealkylation sites (tertiary alicyclic amines) is 2. The minimum Gasteiger partial charge on any atom is -0.325 e. The van der Waals surface area contributed by atoms with Gasteiger partial charge in [-0.1, -0.05) is 25.7 Å². The van der Waals surface area contributed by atoms with E-state index in [9.17, 15) is 9.59 Å². The minimum atomic E-state index is -0.0340. The van der Waals surface area contributed by atoms with Crippen molar-refractivity contribution in [2.45, 2.75) is 51.4 Å². The van der Waals surface area contributed by atoms with E-state index in [4.69, 9.17) is 0 Å². The van der Waals surface area contributed by atoms with Crippen LogP contribution in [0.25, 0.3) is 0 Å². The lowest BCUT2D eigenvalue weighted by molar-refractivity contribution is 0.213. The molecule has 1 aromatic carbocycles. The highest BCUT2D eigenvalue weighted by Gasteiger charge is 2.17. The Hall–Kier alpha value is -2.24. The summed E-state index contributed by atoms with van der Waals surface area (Å²) in [6, 6.07) is 7.30. The number of amides is 4. The van der Waals surface area contributed by atoms with Gasteiger partial charge in [0.2, 0.25) is 0 Å². The molecule has 4 amide bonds. The van der Waals surface area contributed by atoms with Crippen molar-refractivity contribution in [3.63, 3.8) is 0 Å². The van der Waals surface area contributed by atoms with Gasteiger partial charge in [-0.2, -0.15) is 0 Å². The lowest BCUT2D eigenvalue weighted by Crippen LogP contribution is -2.36. The van der Waals surface area contributed by atoms with Crippen LogP contribution in [0.3, 0.4) is 0 Å². The second kappa shape index (κ2) is 9.46. The molecule has 3 rings (SSSR count). The quantitative estimate of drug-likeness (QED) is 0.817. The van der Waals surface area contributed by atoms with Crippen LogP contribution in [0.2, 0.25) is 0 Å². The van der Waals surface area contributed by atoms with Gasteiger partial charge >= 0.3 is 12.1 Å². The molecule has 2 aliphatic rings. The number of nitrogens with zero attached hydrogens (tertiary/aromatic N) is 2. The van der Waals surface area contributed by atoms with Gasteiger partial charge in [0.15, 0.2) is 0 Å². The Bertz CT molecular complexity index is 533. The van der Waals surface area contributed by atoms with Crippen LogP contribution < -0.4 is 10.6 Å². The maximum Gasteiger partial charge on any atom is 0.321 e. The number of urea groups is 2. The van der Waals surface area contributed by atoms with Gasteiger partial charge in [-0.3, -0.25) is 0 Å². The van der Waals surface area contributed by atoms with E-state index in [0.717, 1.165) is 63.2 Å². The zero-order valence-electron chi connectivity index (χ0n) is 15.5. The molecule has 142 valence electrons. The monoisotopic (exact) mass is 358 g/mol. The van der Waals surface area contributed by atoms with E-state index in [1.54, 1.807) is 0 Å². The van der Waals surface area contributed by atoms with Crippen LogP contribution in [0.5, 0.6) is 0 Å². The standard InChI is InChI=1S/C20H30N4O2/c25-19(23-13-5-1-2-6-14-23)21-17-9-11-18(12-10-17)22-20(26)24-15-7-3-4-8-16-24/h9-12H,1-8,13-16H2,(H,21,25)(H,22,26). The molecule has 2 fully saturated rings. The molecule has 0 saturated carbocycles. The Labute approximate surface area is 155 Å². The Kier molecular flexibility index (Phi) is 6.75. The molecule has 0 bridgehead atoms. The number of rotatable bonds is 2. The van der Waals surface area contributed by atoms with Crippen LogP contribution in [0, 0.1) is 0 Å². The third-order valence-corrected chi connectivity index (χ3v) is 5.17.